The lowest BCUT2D eigenvalue weighted by molar-refractivity contribution is -0.142. The van der Waals surface area contributed by atoms with Crippen LogP contribution in [0.5, 0.6) is 0 Å². The van der Waals surface area contributed by atoms with E-state index in [9.17, 15) is 23.1 Å². The smallest absolute Gasteiger partial charge is 0.326 e. The van der Waals surface area contributed by atoms with Crippen molar-refractivity contribution in [3.8, 4) is 11.1 Å². The van der Waals surface area contributed by atoms with E-state index in [0.29, 0.717) is 22.0 Å². The molecule has 0 unspecified atom stereocenters. The number of nitrogens with zero attached hydrogens (tertiary/aromatic N) is 1. The molecule has 0 saturated carbocycles. The van der Waals surface area contributed by atoms with E-state index in [-0.39, 0.29) is 34.3 Å². The molecule has 7 nitrogen and oxygen atoms in total. The molecule has 1 saturated heterocycles. The van der Waals surface area contributed by atoms with Gasteiger partial charge in [0, 0.05) is 38.6 Å². The summed E-state index contributed by atoms with van der Waals surface area (Å²) >= 11 is 24.2. The van der Waals surface area contributed by atoms with Crippen molar-refractivity contribution in [2.24, 2.45) is 0 Å². The first kappa shape index (κ1) is 28.7. The van der Waals surface area contributed by atoms with Crippen molar-refractivity contribution in [1.82, 2.24) is 9.62 Å². The van der Waals surface area contributed by atoms with Gasteiger partial charge in [0.2, 0.25) is 15.9 Å². The zero-order valence-corrected chi connectivity index (χ0v) is 23.5. The highest BCUT2D eigenvalue weighted by atomic mass is 35.5. The van der Waals surface area contributed by atoms with Gasteiger partial charge in [0.15, 0.2) is 0 Å². The summed E-state index contributed by atoms with van der Waals surface area (Å²) < 4.78 is 27.6. The number of amides is 1. The van der Waals surface area contributed by atoms with Gasteiger partial charge in [-0.1, -0.05) is 76.7 Å². The Morgan fingerprint density at radius 1 is 0.947 bits per heavy atom. The van der Waals surface area contributed by atoms with Crippen LogP contribution < -0.4 is 5.32 Å². The Morgan fingerprint density at radius 2 is 1.61 bits per heavy atom. The minimum Gasteiger partial charge on any atom is -0.480 e. The maximum atomic E-state index is 13.3. The first-order chi connectivity index (χ1) is 18.0. The Labute approximate surface area is 240 Å². The maximum Gasteiger partial charge on any atom is 0.326 e. The summed E-state index contributed by atoms with van der Waals surface area (Å²) in [4.78, 5) is 25.0. The molecule has 3 aromatic carbocycles. The van der Waals surface area contributed by atoms with E-state index in [1.54, 1.807) is 42.5 Å². The highest BCUT2D eigenvalue weighted by molar-refractivity contribution is 7.89. The molecule has 1 aliphatic rings. The Hall–Kier alpha value is -2.33. The molecule has 0 aromatic heterocycles. The molecule has 1 aliphatic heterocycles. The Bertz CT molecular complexity index is 1460. The largest absolute Gasteiger partial charge is 0.480 e. The summed E-state index contributed by atoms with van der Waals surface area (Å²) in [6, 6.07) is 13.8. The van der Waals surface area contributed by atoms with Gasteiger partial charge in [0.05, 0.1) is 4.90 Å². The van der Waals surface area contributed by atoms with Gasteiger partial charge in [-0.3, -0.25) is 4.79 Å². The summed E-state index contributed by atoms with van der Waals surface area (Å²) in [5.74, 6) is -1.92. The Kier molecular flexibility index (Phi) is 8.92. The average Bonchev–Trinajstić information content (AvgIpc) is 3.35. The predicted molar refractivity (Wildman–Crippen MR) is 149 cm³/mol. The van der Waals surface area contributed by atoms with Crippen molar-refractivity contribution < 1.29 is 23.1 Å². The number of halogens is 4. The fraction of sp³-hybridized carbons (Fsp3) is 0.231. The zero-order chi connectivity index (χ0) is 27.6. The minimum absolute atomic E-state index is 0.000918. The molecule has 0 aliphatic carbocycles. The normalized spacial score (nSPS) is 16.8. The van der Waals surface area contributed by atoms with E-state index >= 15 is 0 Å². The van der Waals surface area contributed by atoms with Crippen LogP contribution in [-0.4, -0.2) is 48.3 Å². The molecular weight excluding hydrogens is 594 g/mol. The highest BCUT2D eigenvalue weighted by Crippen LogP contribution is 2.31. The Balaban J connectivity index is 1.49. The van der Waals surface area contributed by atoms with Crippen LogP contribution in [0.2, 0.25) is 20.1 Å². The minimum atomic E-state index is -4.09. The molecular formula is C26H22Cl4N2O5S. The number of sulfonamides is 1. The number of hydrogen-bond donors (Lipinski definition) is 2. The van der Waals surface area contributed by atoms with E-state index < -0.39 is 34.0 Å². The standard InChI is InChI=1S/C26H22Cl4N2O5S/c27-17-7-8-21(22(30)14-17)16-5-3-15(4-6-16)10-23(26(34)35)31-25(33)24-2-1-9-32(24)38(36,37)20-12-18(28)11-19(29)13-20/h3-8,11-14,23-24H,1-2,9-10H2,(H,31,33)(H,34,35)/t23-,24-/m0/s1. The quantitative estimate of drug-likeness (QED) is 0.327. The number of hydrogen-bond acceptors (Lipinski definition) is 4. The predicted octanol–water partition coefficient (Wildman–Crippen LogP) is 5.93. The molecule has 1 amide bonds. The molecule has 1 fully saturated rings. The zero-order valence-electron chi connectivity index (χ0n) is 19.7. The van der Waals surface area contributed by atoms with E-state index in [1.807, 2.05) is 0 Å². The van der Waals surface area contributed by atoms with Gasteiger partial charge in [0.25, 0.3) is 0 Å². The van der Waals surface area contributed by atoms with Gasteiger partial charge < -0.3 is 10.4 Å². The second kappa shape index (κ2) is 11.8. The lowest BCUT2D eigenvalue weighted by Gasteiger charge is -2.25. The monoisotopic (exact) mass is 614 g/mol. The van der Waals surface area contributed by atoms with Gasteiger partial charge in [-0.2, -0.15) is 4.31 Å². The van der Waals surface area contributed by atoms with Crippen molar-refractivity contribution >= 4 is 68.3 Å². The van der Waals surface area contributed by atoms with Crippen LogP contribution in [0, 0.1) is 0 Å². The molecule has 12 heteroatoms. The van der Waals surface area contributed by atoms with Crippen LogP contribution in [0.3, 0.4) is 0 Å². The molecule has 0 bridgehead atoms. The van der Waals surface area contributed by atoms with E-state index in [2.05, 4.69) is 5.32 Å². The molecule has 38 heavy (non-hydrogen) atoms. The summed E-state index contributed by atoms with van der Waals surface area (Å²) in [6.45, 7) is 0.108. The van der Waals surface area contributed by atoms with Crippen LogP contribution in [0.1, 0.15) is 18.4 Å². The van der Waals surface area contributed by atoms with E-state index in [1.165, 1.54) is 18.2 Å². The third kappa shape index (κ3) is 6.45. The SMILES string of the molecule is O=C(O)[C@H](Cc1ccc(-c2ccc(Cl)cc2Cl)cc1)NC(=O)[C@@H]1CCCN1S(=O)(=O)c1cc(Cl)cc(Cl)c1. The van der Waals surface area contributed by atoms with Crippen molar-refractivity contribution in [3.05, 3.63) is 86.3 Å². The van der Waals surface area contributed by atoms with Crippen LogP contribution in [0.25, 0.3) is 11.1 Å². The second-order valence-corrected chi connectivity index (χ2v) is 12.4. The molecule has 2 atom stereocenters. The lowest BCUT2D eigenvalue weighted by Crippen LogP contribution is -2.51. The van der Waals surface area contributed by atoms with Crippen LogP contribution in [-0.2, 0) is 26.0 Å². The molecule has 1 heterocycles. The van der Waals surface area contributed by atoms with Crippen LogP contribution in [0.4, 0.5) is 0 Å². The fourth-order valence-corrected chi connectivity index (χ4v) is 7.25. The maximum absolute atomic E-state index is 13.3. The van der Waals surface area contributed by atoms with Gasteiger partial charge in [-0.25, -0.2) is 13.2 Å². The second-order valence-electron chi connectivity index (χ2n) is 8.80. The third-order valence-corrected chi connectivity index (χ3v) is 9.07. The van der Waals surface area contributed by atoms with Crippen molar-refractivity contribution in [2.75, 3.05) is 6.54 Å². The molecule has 4 rings (SSSR count). The first-order valence-corrected chi connectivity index (χ1v) is 14.5. The number of nitrogens with one attached hydrogen (secondary N) is 1. The average molecular weight is 616 g/mol. The number of carbonyl (C=O) groups excluding carboxylic acids is 1. The van der Waals surface area contributed by atoms with E-state index in [0.717, 1.165) is 15.4 Å². The molecule has 3 aromatic rings. The number of aliphatic carboxylic acids is 1. The fourth-order valence-electron chi connectivity index (χ4n) is 4.35. The van der Waals surface area contributed by atoms with Gasteiger partial charge >= 0.3 is 5.97 Å². The summed E-state index contributed by atoms with van der Waals surface area (Å²) in [5.41, 5.74) is 2.25. The number of carbonyl (C=O) groups is 2. The summed E-state index contributed by atoms with van der Waals surface area (Å²) in [7, 11) is -4.09. The number of carboxylic acids is 1. The van der Waals surface area contributed by atoms with Crippen LogP contribution >= 0.6 is 46.4 Å². The van der Waals surface area contributed by atoms with Gasteiger partial charge in [-0.05, 0) is 54.3 Å². The number of rotatable bonds is 8. The highest BCUT2D eigenvalue weighted by Gasteiger charge is 2.40. The topological polar surface area (TPSA) is 104 Å². The van der Waals surface area contributed by atoms with Crippen LogP contribution in [0.15, 0.2) is 65.6 Å². The number of carboxylic acid groups (broad SMARTS) is 1. The molecule has 200 valence electrons. The molecule has 0 radical (unpaired) electrons. The first-order valence-electron chi connectivity index (χ1n) is 11.5. The van der Waals surface area contributed by atoms with Crippen molar-refractivity contribution in [3.63, 3.8) is 0 Å². The van der Waals surface area contributed by atoms with Gasteiger partial charge in [0.1, 0.15) is 12.1 Å². The van der Waals surface area contributed by atoms with E-state index in [4.69, 9.17) is 46.4 Å². The lowest BCUT2D eigenvalue weighted by atomic mass is 10.0. The molecule has 0 spiro atoms. The Morgan fingerprint density at radius 3 is 2.21 bits per heavy atom. The molecule has 2 N–H and O–H groups in total. The van der Waals surface area contributed by atoms with Gasteiger partial charge in [-0.15, -0.1) is 0 Å². The summed E-state index contributed by atoms with van der Waals surface area (Å²) in [6.07, 6.45) is 0.694. The number of benzene rings is 3. The summed E-state index contributed by atoms with van der Waals surface area (Å²) in [5, 5.41) is 13.6. The van der Waals surface area contributed by atoms with Crippen molar-refractivity contribution in [1.29, 1.82) is 0 Å². The third-order valence-electron chi connectivity index (χ3n) is 6.20. The van der Waals surface area contributed by atoms with Crippen molar-refractivity contribution in [2.45, 2.75) is 36.2 Å².